The van der Waals surface area contributed by atoms with Crippen molar-refractivity contribution in [3.8, 4) is 0 Å². The van der Waals surface area contributed by atoms with Gasteiger partial charge in [0.25, 0.3) is 5.76 Å². The molecular formula is C13H16F2N2OS. The molecule has 1 aliphatic rings. The van der Waals surface area contributed by atoms with E-state index in [-0.39, 0.29) is 12.5 Å². The van der Waals surface area contributed by atoms with Gasteiger partial charge < -0.3 is 10.6 Å². The lowest BCUT2D eigenvalue weighted by molar-refractivity contribution is -0.115. The Morgan fingerprint density at radius 1 is 1.42 bits per heavy atom. The third-order valence-electron chi connectivity index (χ3n) is 2.76. The number of alkyl halides is 2. The molecule has 6 heteroatoms. The molecule has 0 unspecified atom stereocenters. The lowest BCUT2D eigenvalue weighted by atomic mass is 10.3. The Balaban J connectivity index is 1.78. The van der Waals surface area contributed by atoms with Crippen LogP contribution in [0.15, 0.2) is 29.2 Å². The molecule has 0 aromatic heterocycles. The topological polar surface area (TPSA) is 41.1 Å². The van der Waals surface area contributed by atoms with E-state index in [0.717, 1.165) is 12.5 Å². The van der Waals surface area contributed by atoms with Crippen molar-refractivity contribution in [3.63, 3.8) is 0 Å². The fraction of sp³-hybridized carbons (Fsp3) is 0.462. The first kappa shape index (κ1) is 14.3. The standard InChI is InChI=1S/C13H16F2N2OS/c14-13(15)19-11-3-1-2-10(6-11)17-12(18)8-16-7-9-4-5-9/h1-3,6,9,13,16H,4-5,7-8H2,(H,17,18). The number of anilines is 1. The Bertz CT molecular complexity index is 438. The molecule has 1 amide bonds. The van der Waals surface area contributed by atoms with Gasteiger partial charge in [-0.15, -0.1) is 0 Å². The second-order valence-corrected chi connectivity index (χ2v) is 5.59. The van der Waals surface area contributed by atoms with Crippen LogP contribution < -0.4 is 10.6 Å². The first-order valence-electron chi connectivity index (χ1n) is 6.19. The fourth-order valence-electron chi connectivity index (χ4n) is 1.67. The number of thioether (sulfide) groups is 1. The van der Waals surface area contributed by atoms with Gasteiger partial charge in [0, 0.05) is 10.6 Å². The lowest BCUT2D eigenvalue weighted by Crippen LogP contribution is -2.29. The van der Waals surface area contributed by atoms with E-state index in [4.69, 9.17) is 0 Å². The quantitative estimate of drug-likeness (QED) is 0.757. The van der Waals surface area contributed by atoms with Crippen LogP contribution in [0.1, 0.15) is 12.8 Å². The number of hydrogen-bond acceptors (Lipinski definition) is 3. The van der Waals surface area contributed by atoms with Crippen molar-refractivity contribution >= 4 is 23.4 Å². The average Bonchev–Trinajstić information content (AvgIpc) is 3.12. The summed E-state index contributed by atoms with van der Waals surface area (Å²) >= 11 is 0.469. The zero-order valence-corrected chi connectivity index (χ0v) is 11.2. The number of amides is 1. The molecule has 0 atom stereocenters. The third-order valence-corrected chi connectivity index (χ3v) is 3.46. The largest absolute Gasteiger partial charge is 0.325 e. The van der Waals surface area contributed by atoms with Gasteiger partial charge in [0.05, 0.1) is 6.54 Å². The maximum absolute atomic E-state index is 12.2. The normalized spacial score (nSPS) is 14.7. The second kappa shape index (κ2) is 6.86. The van der Waals surface area contributed by atoms with Gasteiger partial charge in [-0.3, -0.25) is 4.79 Å². The Hall–Kier alpha value is -1.14. The monoisotopic (exact) mass is 286 g/mol. The Morgan fingerprint density at radius 3 is 2.89 bits per heavy atom. The molecule has 1 aliphatic carbocycles. The van der Waals surface area contributed by atoms with Crippen molar-refractivity contribution in [1.82, 2.24) is 5.32 Å². The van der Waals surface area contributed by atoms with E-state index in [1.54, 1.807) is 24.3 Å². The van der Waals surface area contributed by atoms with Gasteiger partial charge in [-0.25, -0.2) is 0 Å². The number of halogens is 2. The fourth-order valence-corrected chi connectivity index (χ4v) is 2.22. The molecule has 104 valence electrons. The molecule has 2 N–H and O–H groups in total. The predicted molar refractivity (Wildman–Crippen MR) is 72.5 cm³/mol. The maximum atomic E-state index is 12.2. The van der Waals surface area contributed by atoms with Crippen LogP contribution in [0.2, 0.25) is 0 Å². The van der Waals surface area contributed by atoms with Crippen LogP contribution in [0.3, 0.4) is 0 Å². The first-order valence-corrected chi connectivity index (χ1v) is 7.07. The number of carbonyl (C=O) groups excluding carboxylic acids is 1. The zero-order valence-electron chi connectivity index (χ0n) is 10.4. The van der Waals surface area contributed by atoms with Crippen LogP contribution in [0.4, 0.5) is 14.5 Å². The highest BCUT2D eigenvalue weighted by atomic mass is 32.2. The van der Waals surface area contributed by atoms with Crippen molar-refractivity contribution < 1.29 is 13.6 Å². The summed E-state index contributed by atoms with van der Waals surface area (Å²) in [4.78, 5) is 12.1. The molecule has 0 heterocycles. The summed E-state index contributed by atoms with van der Waals surface area (Å²) in [6, 6.07) is 6.49. The summed E-state index contributed by atoms with van der Waals surface area (Å²) < 4.78 is 24.5. The summed E-state index contributed by atoms with van der Waals surface area (Å²) in [5, 5.41) is 5.77. The smallest absolute Gasteiger partial charge is 0.288 e. The third kappa shape index (κ3) is 5.57. The Labute approximate surface area is 115 Å². The second-order valence-electron chi connectivity index (χ2n) is 4.53. The van der Waals surface area contributed by atoms with Gasteiger partial charge in [0.15, 0.2) is 0 Å². The van der Waals surface area contributed by atoms with Crippen molar-refractivity contribution in [3.05, 3.63) is 24.3 Å². The minimum Gasteiger partial charge on any atom is -0.325 e. The molecule has 0 bridgehead atoms. The predicted octanol–water partition coefficient (Wildman–Crippen LogP) is 2.94. The lowest BCUT2D eigenvalue weighted by Gasteiger charge is -2.08. The number of benzene rings is 1. The van der Waals surface area contributed by atoms with Gasteiger partial charge in [-0.1, -0.05) is 17.8 Å². The van der Waals surface area contributed by atoms with Gasteiger partial charge in [-0.05, 0) is 43.5 Å². The molecule has 1 saturated carbocycles. The first-order chi connectivity index (χ1) is 9.13. The summed E-state index contributed by atoms with van der Waals surface area (Å²) in [5.41, 5.74) is 0.545. The summed E-state index contributed by atoms with van der Waals surface area (Å²) in [7, 11) is 0. The molecule has 1 aromatic rings. The van der Waals surface area contributed by atoms with Crippen LogP contribution in [0.25, 0.3) is 0 Å². The highest BCUT2D eigenvalue weighted by Crippen LogP contribution is 2.28. The molecule has 0 spiro atoms. The molecule has 0 aliphatic heterocycles. The number of hydrogen-bond donors (Lipinski definition) is 2. The van der Waals surface area contributed by atoms with Crippen LogP contribution in [-0.4, -0.2) is 24.8 Å². The van der Waals surface area contributed by atoms with E-state index in [9.17, 15) is 13.6 Å². The van der Waals surface area contributed by atoms with Gasteiger partial charge in [0.1, 0.15) is 0 Å². The minimum absolute atomic E-state index is 0.153. The molecule has 2 rings (SSSR count). The summed E-state index contributed by atoms with van der Waals surface area (Å²) in [6.07, 6.45) is 2.48. The van der Waals surface area contributed by atoms with E-state index in [1.165, 1.54) is 12.8 Å². The molecule has 1 aromatic carbocycles. The van der Waals surface area contributed by atoms with E-state index >= 15 is 0 Å². The van der Waals surface area contributed by atoms with Gasteiger partial charge in [-0.2, -0.15) is 8.78 Å². The SMILES string of the molecule is O=C(CNCC1CC1)Nc1cccc(SC(F)F)c1. The summed E-state index contributed by atoms with van der Waals surface area (Å²) in [5.74, 6) is -1.88. The van der Waals surface area contributed by atoms with Crippen LogP contribution >= 0.6 is 11.8 Å². The molecule has 1 fully saturated rings. The Morgan fingerprint density at radius 2 is 2.21 bits per heavy atom. The molecule has 19 heavy (non-hydrogen) atoms. The van der Waals surface area contributed by atoms with E-state index in [0.29, 0.717) is 22.3 Å². The zero-order chi connectivity index (χ0) is 13.7. The van der Waals surface area contributed by atoms with E-state index in [1.807, 2.05) is 0 Å². The van der Waals surface area contributed by atoms with Crippen molar-refractivity contribution in [2.45, 2.75) is 23.5 Å². The van der Waals surface area contributed by atoms with Gasteiger partial charge in [0.2, 0.25) is 5.91 Å². The van der Waals surface area contributed by atoms with Gasteiger partial charge >= 0.3 is 0 Å². The molecule has 0 saturated heterocycles. The number of nitrogens with one attached hydrogen (secondary N) is 2. The van der Waals surface area contributed by atoms with Crippen LogP contribution in [-0.2, 0) is 4.79 Å². The van der Waals surface area contributed by atoms with Crippen molar-refractivity contribution in [2.24, 2.45) is 5.92 Å². The number of rotatable bonds is 7. The molecule has 3 nitrogen and oxygen atoms in total. The minimum atomic E-state index is -2.45. The summed E-state index contributed by atoms with van der Waals surface area (Å²) in [6.45, 7) is 1.12. The average molecular weight is 286 g/mol. The maximum Gasteiger partial charge on any atom is 0.288 e. The van der Waals surface area contributed by atoms with E-state index in [2.05, 4.69) is 10.6 Å². The van der Waals surface area contributed by atoms with Crippen molar-refractivity contribution in [1.29, 1.82) is 0 Å². The highest BCUT2D eigenvalue weighted by molar-refractivity contribution is 7.99. The van der Waals surface area contributed by atoms with Crippen molar-refractivity contribution in [2.75, 3.05) is 18.4 Å². The molecule has 0 radical (unpaired) electrons. The van der Waals surface area contributed by atoms with Crippen LogP contribution in [0, 0.1) is 5.92 Å². The van der Waals surface area contributed by atoms with Crippen LogP contribution in [0.5, 0.6) is 0 Å². The Kier molecular flexibility index (Phi) is 5.15. The highest BCUT2D eigenvalue weighted by Gasteiger charge is 2.20. The molecular weight excluding hydrogens is 270 g/mol. The van der Waals surface area contributed by atoms with E-state index < -0.39 is 5.76 Å². The number of carbonyl (C=O) groups is 1.